The minimum Gasteiger partial charge on any atom is -0.480 e. The number of fused-ring (bicyclic) bond motifs is 1. The van der Waals surface area contributed by atoms with Gasteiger partial charge >= 0.3 is 5.97 Å². The van der Waals surface area contributed by atoms with Gasteiger partial charge in [0.25, 0.3) is 10.1 Å². The van der Waals surface area contributed by atoms with E-state index in [9.17, 15) is 18.3 Å². The number of carboxylic acids is 1. The molecule has 2 fully saturated rings. The zero-order valence-corrected chi connectivity index (χ0v) is 25.3. The van der Waals surface area contributed by atoms with Crippen molar-refractivity contribution in [2.75, 3.05) is 13.2 Å². The predicted octanol–water partition coefficient (Wildman–Crippen LogP) is 6.11. The topological polar surface area (TPSA) is 96.3 Å². The van der Waals surface area contributed by atoms with Gasteiger partial charge in [-0.2, -0.15) is 8.42 Å². The third kappa shape index (κ3) is 4.69. The molecule has 3 aromatic rings. The molecule has 1 aliphatic carbocycles. The molecule has 42 heavy (non-hydrogen) atoms. The molecule has 0 amide bonds. The lowest BCUT2D eigenvalue weighted by Crippen LogP contribution is -2.65. The lowest BCUT2D eigenvalue weighted by molar-refractivity contribution is -0.139. The van der Waals surface area contributed by atoms with E-state index in [0.29, 0.717) is 25.1 Å². The summed E-state index contributed by atoms with van der Waals surface area (Å²) < 4.78 is 31.0. The molecular weight excluding hydrogens is 572 g/mol. The molecule has 2 aliphatic heterocycles. The van der Waals surface area contributed by atoms with Crippen molar-refractivity contribution in [1.82, 2.24) is 4.90 Å². The molecule has 1 spiro atoms. The van der Waals surface area contributed by atoms with Gasteiger partial charge < -0.3 is 5.11 Å². The number of carboxylic acid groups (broad SMARTS) is 1. The summed E-state index contributed by atoms with van der Waals surface area (Å²) in [5.74, 6) is -1.17. The molecule has 220 valence electrons. The highest BCUT2D eigenvalue weighted by molar-refractivity contribution is 7.86. The van der Waals surface area contributed by atoms with E-state index in [1.54, 1.807) is 24.3 Å². The van der Waals surface area contributed by atoms with Crippen LogP contribution in [0.3, 0.4) is 0 Å². The van der Waals surface area contributed by atoms with Gasteiger partial charge in [-0.3, -0.25) is 14.1 Å². The summed E-state index contributed by atoms with van der Waals surface area (Å²) in [6.07, 6.45) is 1.20. The zero-order chi connectivity index (χ0) is 29.7. The number of alkyl halides is 1. The standard InChI is InChI=1S/C33H35ClN2O5S/c1-22-14-16-26(17-15-22)42(39,40)41-18-8-11-25-19-32(34,31(37)38)30-33(27-12-6-7-13-28(27)35-30)23(2)20-36(29(25)33)21-24-9-4-3-5-10-24/h3-7,9-10,12-17,23,25,29H,8,11,18-21H2,1-2H3,(H,37,38). The highest BCUT2D eigenvalue weighted by atomic mass is 35.5. The second kappa shape index (κ2) is 10.9. The lowest BCUT2D eigenvalue weighted by atomic mass is 9.55. The van der Waals surface area contributed by atoms with Crippen molar-refractivity contribution >= 4 is 39.1 Å². The monoisotopic (exact) mass is 606 g/mol. The number of para-hydroxylation sites is 1. The molecular formula is C33H35ClN2O5S. The Kier molecular flexibility index (Phi) is 7.54. The minimum absolute atomic E-state index is 0.000555. The zero-order valence-electron chi connectivity index (χ0n) is 23.7. The molecule has 0 radical (unpaired) electrons. The number of benzene rings is 3. The Labute approximate surface area is 252 Å². The average molecular weight is 607 g/mol. The van der Waals surface area contributed by atoms with Crippen LogP contribution in [-0.4, -0.2) is 54.2 Å². The number of aryl methyl sites for hydroxylation is 1. The largest absolute Gasteiger partial charge is 0.480 e. The molecule has 0 bridgehead atoms. The van der Waals surface area contributed by atoms with E-state index < -0.39 is 26.4 Å². The molecule has 5 unspecified atom stereocenters. The van der Waals surface area contributed by atoms with E-state index in [-0.39, 0.29) is 35.8 Å². The first-order chi connectivity index (χ1) is 20.1. The molecule has 1 saturated carbocycles. The second-order valence-electron chi connectivity index (χ2n) is 11.9. The molecule has 7 nitrogen and oxygen atoms in total. The van der Waals surface area contributed by atoms with Gasteiger partial charge in [-0.05, 0) is 67.3 Å². The van der Waals surface area contributed by atoms with Crippen molar-refractivity contribution in [1.29, 1.82) is 0 Å². The maximum Gasteiger partial charge on any atom is 0.330 e. The van der Waals surface area contributed by atoms with E-state index in [1.807, 2.05) is 43.3 Å². The Morgan fingerprint density at radius 3 is 2.48 bits per heavy atom. The lowest BCUT2D eigenvalue weighted by Gasteiger charge is -2.51. The average Bonchev–Trinajstić information content (AvgIpc) is 3.47. The highest BCUT2D eigenvalue weighted by Gasteiger charge is 2.70. The minimum atomic E-state index is -3.90. The third-order valence-electron chi connectivity index (χ3n) is 9.32. The van der Waals surface area contributed by atoms with Gasteiger partial charge in [0.15, 0.2) is 4.87 Å². The van der Waals surface area contributed by atoms with E-state index in [1.165, 1.54) is 5.56 Å². The van der Waals surface area contributed by atoms with Crippen LogP contribution >= 0.6 is 11.6 Å². The normalized spacial score (nSPS) is 28.5. The van der Waals surface area contributed by atoms with Crippen molar-refractivity contribution in [3.8, 4) is 0 Å². The number of halogens is 1. The second-order valence-corrected chi connectivity index (χ2v) is 14.2. The maximum absolute atomic E-state index is 12.9. The molecule has 2 heterocycles. The first kappa shape index (κ1) is 29.1. The summed E-state index contributed by atoms with van der Waals surface area (Å²) in [4.78, 5) is 18.8. The van der Waals surface area contributed by atoms with E-state index >= 15 is 0 Å². The Hall–Kier alpha value is -3.04. The Morgan fingerprint density at radius 1 is 1.07 bits per heavy atom. The maximum atomic E-state index is 12.9. The fourth-order valence-corrected chi connectivity index (χ4v) is 8.96. The summed E-state index contributed by atoms with van der Waals surface area (Å²) in [6.45, 7) is 5.54. The van der Waals surface area contributed by atoms with Crippen LogP contribution in [0.15, 0.2) is 88.8 Å². The third-order valence-corrected chi connectivity index (χ3v) is 11.1. The van der Waals surface area contributed by atoms with Crippen molar-refractivity contribution in [2.24, 2.45) is 16.8 Å². The van der Waals surface area contributed by atoms with Crippen LogP contribution in [-0.2, 0) is 31.1 Å². The summed E-state index contributed by atoms with van der Waals surface area (Å²) >= 11 is 7.13. The fourth-order valence-electron chi connectivity index (χ4n) is 7.62. The molecule has 0 aromatic heterocycles. The predicted molar refractivity (Wildman–Crippen MR) is 163 cm³/mol. The van der Waals surface area contributed by atoms with Gasteiger partial charge in [-0.25, -0.2) is 4.79 Å². The van der Waals surface area contributed by atoms with Crippen molar-refractivity contribution < 1.29 is 22.5 Å². The summed E-state index contributed by atoms with van der Waals surface area (Å²) in [7, 11) is -3.90. The van der Waals surface area contributed by atoms with Gasteiger partial charge in [-0.1, -0.05) is 84.8 Å². The quantitative estimate of drug-likeness (QED) is 0.179. The van der Waals surface area contributed by atoms with Crippen molar-refractivity contribution in [3.05, 3.63) is 95.6 Å². The smallest absolute Gasteiger partial charge is 0.330 e. The van der Waals surface area contributed by atoms with Gasteiger partial charge in [0.1, 0.15) is 0 Å². The summed E-state index contributed by atoms with van der Waals surface area (Å²) in [5.41, 5.74) is 3.83. The van der Waals surface area contributed by atoms with Crippen LogP contribution in [0.2, 0.25) is 0 Å². The Morgan fingerprint density at radius 2 is 1.76 bits per heavy atom. The molecule has 6 rings (SSSR count). The van der Waals surface area contributed by atoms with Crippen molar-refractivity contribution in [3.63, 3.8) is 0 Å². The first-order valence-corrected chi connectivity index (χ1v) is 16.2. The molecule has 5 atom stereocenters. The summed E-state index contributed by atoms with van der Waals surface area (Å²) in [5, 5.41) is 10.5. The van der Waals surface area contributed by atoms with Crippen LogP contribution in [0.25, 0.3) is 0 Å². The molecule has 1 saturated heterocycles. The van der Waals surface area contributed by atoms with Gasteiger partial charge in [0.05, 0.1) is 28.3 Å². The van der Waals surface area contributed by atoms with Crippen LogP contribution in [0, 0.1) is 18.8 Å². The Balaban J connectivity index is 1.34. The van der Waals surface area contributed by atoms with Crippen molar-refractivity contribution in [2.45, 2.75) is 60.9 Å². The van der Waals surface area contributed by atoms with Gasteiger partial charge in [0.2, 0.25) is 0 Å². The molecule has 3 aliphatic rings. The molecule has 9 heteroatoms. The number of nitrogens with zero attached hydrogens (tertiary/aromatic N) is 2. The number of aliphatic imine (C=N–C) groups is 1. The van der Waals surface area contributed by atoms with E-state index in [2.05, 4.69) is 30.0 Å². The Bertz CT molecular complexity index is 1630. The highest BCUT2D eigenvalue weighted by Crippen LogP contribution is 2.62. The van der Waals surface area contributed by atoms with Crippen LogP contribution in [0.1, 0.15) is 42.9 Å². The van der Waals surface area contributed by atoms with E-state index in [4.69, 9.17) is 20.8 Å². The van der Waals surface area contributed by atoms with Crippen LogP contribution in [0.5, 0.6) is 0 Å². The van der Waals surface area contributed by atoms with Crippen LogP contribution < -0.4 is 0 Å². The number of rotatable bonds is 9. The SMILES string of the molecule is Cc1ccc(S(=O)(=O)OCCCC2CC(Cl)(C(=O)O)C3=Nc4ccccc4C34C(C)CN(Cc3ccccc3)C24)cc1. The number of hydrogen-bond donors (Lipinski definition) is 1. The van der Waals surface area contributed by atoms with Crippen LogP contribution in [0.4, 0.5) is 5.69 Å². The fraction of sp³-hybridized carbons (Fsp3) is 0.394. The number of carbonyl (C=O) groups is 1. The molecule has 3 aromatic carbocycles. The molecule has 1 N–H and O–H groups in total. The van der Waals surface area contributed by atoms with Gasteiger partial charge in [0, 0.05) is 19.1 Å². The number of likely N-dealkylation sites (tertiary alicyclic amines) is 1. The van der Waals surface area contributed by atoms with E-state index in [0.717, 1.165) is 23.4 Å². The van der Waals surface area contributed by atoms with Gasteiger partial charge in [-0.15, -0.1) is 0 Å². The number of hydrogen-bond acceptors (Lipinski definition) is 6. The first-order valence-electron chi connectivity index (χ1n) is 14.4. The summed E-state index contributed by atoms with van der Waals surface area (Å²) in [6, 6.07) is 24.7. The number of aliphatic carboxylic acids is 1.